The number of benzene rings is 1. The minimum atomic E-state index is -0.922. The van der Waals surface area contributed by atoms with Gasteiger partial charge in [0.2, 0.25) is 5.91 Å². The normalized spacial score (nSPS) is 10.6. The summed E-state index contributed by atoms with van der Waals surface area (Å²) in [6, 6.07) is 5.68. The number of carbonyl (C=O) groups excluding carboxylic acids is 1. The zero-order valence-electron chi connectivity index (χ0n) is 11.9. The van der Waals surface area contributed by atoms with E-state index >= 15 is 0 Å². The van der Waals surface area contributed by atoms with E-state index in [-0.39, 0.29) is 18.9 Å². The van der Waals surface area contributed by atoms with Crippen LogP contribution in [-0.2, 0) is 9.59 Å². The number of ether oxygens (including phenoxy) is 1. The third-order valence-electron chi connectivity index (χ3n) is 2.83. The minimum absolute atomic E-state index is 0.0656. The molecule has 0 saturated carbocycles. The molecule has 0 radical (unpaired) electrons. The van der Waals surface area contributed by atoms with Gasteiger partial charge in [-0.3, -0.25) is 9.59 Å². The summed E-state index contributed by atoms with van der Waals surface area (Å²) in [7, 11) is 3.14. The molecule has 20 heavy (non-hydrogen) atoms. The highest BCUT2D eigenvalue weighted by Crippen LogP contribution is 2.20. The number of likely N-dealkylation sites (N-methyl/N-ethyl adjacent to an activating group) is 1. The second kappa shape index (κ2) is 7.33. The van der Waals surface area contributed by atoms with Gasteiger partial charge in [-0.25, -0.2) is 0 Å². The molecule has 1 N–H and O–H groups in total. The van der Waals surface area contributed by atoms with Crippen LogP contribution in [-0.4, -0.2) is 42.6 Å². The quantitative estimate of drug-likeness (QED) is 0.807. The van der Waals surface area contributed by atoms with Crippen molar-refractivity contribution in [2.75, 3.05) is 20.7 Å². The van der Waals surface area contributed by atoms with Crippen LogP contribution in [0, 0.1) is 6.92 Å². The van der Waals surface area contributed by atoms with Crippen molar-refractivity contribution in [2.45, 2.75) is 13.3 Å². The van der Waals surface area contributed by atoms with Crippen molar-refractivity contribution in [2.24, 2.45) is 0 Å². The summed E-state index contributed by atoms with van der Waals surface area (Å²) in [5.41, 5.74) is 1.88. The van der Waals surface area contributed by atoms with Crippen LogP contribution in [0.4, 0.5) is 0 Å². The van der Waals surface area contributed by atoms with Crippen molar-refractivity contribution < 1.29 is 19.4 Å². The highest BCUT2D eigenvalue weighted by Gasteiger charge is 2.07. The topological polar surface area (TPSA) is 66.8 Å². The molecule has 0 aliphatic rings. The van der Waals surface area contributed by atoms with E-state index in [1.807, 2.05) is 25.1 Å². The molecule has 1 rings (SSSR count). The van der Waals surface area contributed by atoms with Gasteiger partial charge in [0.25, 0.3) is 0 Å². The molecule has 0 unspecified atom stereocenters. The van der Waals surface area contributed by atoms with Gasteiger partial charge in [0.15, 0.2) is 0 Å². The molecule has 5 heteroatoms. The second-order valence-corrected chi connectivity index (χ2v) is 4.48. The minimum Gasteiger partial charge on any atom is -0.496 e. The Bertz CT molecular complexity index is 523. The van der Waals surface area contributed by atoms with Crippen LogP contribution in [0.2, 0.25) is 0 Å². The number of carbonyl (C=O) groups is 2. The smallest absolute Gasteiger partial charge is 0.305 e. The van der Waals surface area contributed by atoms with E-state index in [9.17, 15) is 9.59 Å². The molecule has 5 nitrogen and oxygen atoms in total. The number of aryl methyl sites for hydroxylation is 1. The Kier molecular flexibility index (Phi) is 5.77. The zero-order valence-corrected chi connectivity index (χ0v) is 11.9. The lowest BCUT2D eigenvalue weighted by Crippen LogP contribution is -2.27. The summed E-state index contributed by atoms with van der Waals surface area (Å²) in [6.07, 6.45) is 3.02. The van der Waals surface area contributed by atoms with Crippen LogP contribution in [0.25, 0.3) is 6.08 Å². The molecule has 1 aromatic carbocycles. The third kappa shape index (κ3) is 4.76. The molecule has 0 aromatic heterocycles. The average molecular weight is 277 g/mol. The molecule has 1 aromatic rings. The van der Waals surface area contributed by atoms with Gasteiger partial charge in [-0.1, -0.05) is 11.6 Å². The lowest BCUT2D eigenvalue weighted by molar-refractivity contribution is -0.137. The Hall–Kier alpha value is -2.30. The van der Waals surface area contributed by atoms with Gasteiger partial charge in [-0.05, 0) is 25.1 Å². The highest BCUT2D eigenvalue weighted by atomic mass is 16.5. The fourth-order valence-corrected chi connectivity index (χ4v) is 1.65. The van der Waals surface area contributed by atoms with E-state index in [2.05, 4.69) is 0 Å². The Morgan fingerprint density at radius 1 is 1.40 bits per heavy atom. The molecule has 108 valence electrons. The van der Waals surface area contributed by atoms with Gasteiger partial charge >= 0.3 is 5.97 Å². The number of nitrogens with zero attached hydrogens (tertiary/aromatic N) is 1. The summed E-state index contributed by atoms with van der Waals surface area (Å²) in [6.45, 7) is 2.14. The molecule has 0 saturated heterocycles. The summed E-state index contributed by atoms with van der Waals surface area (Å²) in [5, 5.41) is 8.58. The number of amides is 1. The Morgan fingerprint density at radius 2 is 2.10 bits per heavy atom. The number of carboxylic acids is 1. The van der Waals surface area contributed by atoms with E-state index in [1.165, 1.54) is 11.0 Å². The molecular weight excluding hydrogens is 258 g/mol. The maximum atomic E-state index is 11.8. The van der Waals surface area contributed by atoms with Crippen molar-refractivity contribution in [3.63, 3.8) is 0 Å². The maximum absolute atomic E-state index is 11.8. The standard InChI is InChI=1S/C15H19NO4/c1-11-4-6-13(20-3)12(10-11)5-7-14(17)16(2)9-8-15(18)19/h4-7,10H,8-9H2,1-3H3,(H,18,19). The van der Waals surface area contributed by atoms with Crippen LogP contribution in [0.5, 0.6) is 5.75 Å². The summed E-state index contributed by atoms with van der Waals surface area (Å²) < 4.78 is 5.22. The van der Waals surface area contributed by atoms with Gasteiger partial charge < -0.3 is 14.7 Å². The fraction of sp³-hybridized carbons (Fsp3) is 0.333. The van der Waals surface area contributed by atoms with Crippen LogP contribution in [0.3, 0.4) is 0 Å². The average Bonchev–Trinajstić information content (AvgIpc) is 2.42. The molecule has 0 aliphatic carbocycles. The molecule has 0 spiro atoms. The lowest BCUT2D eigenvalue weighted by Gasteiger charge is -2.13. The van der Waals surface area contributed by atoms with Crippen LogP contribution in [0.1, 0.15) is 17.5 Å². The third-order valence-corrected chi connectivity index (χ3v) is 2.83. The van der Waals surface area contributed by atoms with E-state index in [4.69, 9.17) is 9.84 Å². The number of methoxy groups -OCH3 is 1. The van der Waals surface area contributed by atoms with Crippen molar-refractivity contribution >= 4 is 18.0 Å². The molecule has 0 bridgehead atoms. The molecule has 0 aliphatic heterocycles. The van der Waals surface area contributed by atoms with E-state index < -0.39 is 5.97 Å². The van der Waals surface area contributed by atoms with E-state index in [1.54, 1.807) is 20.2 Å². The first-order valence-corrected chi connectivity index (χ1v) is 6.23. The number of hydrogen-bond acceptors (Lipinski definition) is 3. The SMILES string of the molecule is COc1ccc(C)cc1C=CC(=O)N(C)CCC(=O)O. The van der Waals surface area contributed by atoms with Crippen LogP contribution >= 0.6 is 0 Å². The van der Waals surface area contributed by atoms with Gasteiger partial charge in [-0.2, -0.15) is 0 Å². The number of rotatable bonds is 6. The summed E-state index contributed by atoms with van der Waals surface area (Å²) in [4.78, 5) is 23.6. The fourth-order valence-electron chi connectivity index (χ4n) is 1.65. The number of carboxylic acid groups (broad SMARTS) is 1. The Balaban J connectivity index is 2.74. The van der Waals surface area contributed by atoms with Crippen molar-refractivity contribution in [1.82, 2.24) is 4.90 Å². The van der Waals surface area contributed by atoms with Gasteiger partial charge in [0.05, 0.1) is 13.5 Å². The van der Waals surface area contributed by atoms with Crippen molar-refractivity contribution in [3.8, 4) is 5.75 Å². The zero-order chi connectivity index (χ0) is 15.1. The van der Waals surface area contributed by atoms with Crippen molar-refractivity contribution in [3.05, 3.63) is 35.4 Å². The number of aliphatic carboxylic acids is 1. The monoisotopic (exact) mass is 277 g/mol. The predicted molar refractivity (Wildman–Crippen MR) is 76.7 cm³/mol. The molecule has 0 atom stereocenters. The van der Waals surface area contributed by atoms with Crippen molar-refractivity contribution in [1.29, 1.82) is 0 Å². The summed E-state index contributed by atoms with van der Waals surface area (Å²) >= 11 is 0. The molecular formula is C15H19NO4. The predicted octanol–water partition coefficient (Wildman–Crippen LogP) is 1.95. The van der Waals surface area contributed by atoms with E-state index in [0.29, 0.717) is 5.75 Å². The highest BCUT2D eigenvalue weighted by molar-refractivity contribution is 5.92. The summed E-state index contributed by atoms with van der Waals surface area (Å²) in [5.74, 6) is -0.475. The van der Waals surface area contributed by atoms with E-state index in [0.717, 1.165) is 11.1 Å². The van der Waals surface area contributed by atoms with Gasteiger partial charge in [-0.15, -0.1) is 0 Å². The largest absolute Gasteiger partial charge is 0.496 e. The molecule has 0 heterocycles. The maximum Gasteiger partial charge on any atom is 0.305 e. The Morgan fingerprint density at radius 3 is 2.70 bits per heavy atom. The molecule has 0 fully saturated rings. The molecule has 1 amide bonds. The van der Waals surface area contributed by atoms with Crippen LogP contribution < -0.4 is 4.74 Å². The van der Waals surface area contributed by atoms with Gasteiger partial charge in [0.1, 0.15) is 5.75 Å². The Labute approximate surface area is 118 Å². The second-order valence-electron chi connectivity index (χ2n) is 4.48. The lowest BCUT2D eigenvalue weighted by atomic mass is 10.1. The van der Waals surface area contributed by atoms with Crippen LogP contribution in [0.15, 0.2) is 24.3 Å². The number of hydrogen-bond donors (Lipinski definition) is 1. The first-order chi connectivity index (χ1) is 9.43. The first-order valence-electron chi connectivity index (χ1n) is 6.23. The first kappa shape index (κ1) is 15.8. The van der Waals surface area contributed by atoms with Gasteiger partial charge in [0, 0.05) is 25.2 Å².